The Morgan fingerprint density at radius 3 is 2.90 bits per heavy atom. The molecular weight excluding hydrogens is 381 g/mol. The van der Waals surface area contributed by atoms with Crippen LogP contribution in [0.4, 0.5) is 0 Å². The Bertz CT molecular complexity index is 390. The van der Waals surface area contributed by atoms with E-state index in [-0.39, 0.29) is 24.0 Å². The summed E-state index contributed by atoms with van der Waals surface area (Å²) in [6, 6.07) is 3.90. The third kappa shape index (κ3) is 7.17. The number of guanidine groups is 1. The van der Waals surface area contributed by atoms with Gasteiger partial charge in [-0.05, 0) is 31.4 Å². The Balaban J connectivity index is 0.00000220. The largest absolute Gasteiger partial charge is 0.469 e. The number of rotatable bonds is 7. The zero-order valence-electron chi connectivity index (χ0n) is 12.6. The van der Waals surface area contributed by atoms with Crippen LogP contribution in [-0.4, -0.2) is 38.3 Å². The van der Waals surface area contributed by atoms with Crippen molar-refractivity contribution in [2.24, 2.45) is 4.99 Å². The molecule has 1 aliphatic rings. The van der Waals surface area contributed by atoms with Crippen molar-refractivity contribution in [2.75, 3.05) is 26.2 Å². The Labute approximate surface area is 143 Å². The zero-order chi connectivity index (χ0) is 14.0. The van der Waals surface area contributed by atoms with Crippen LogP contribution in [-0.2, 0) is 11.2 Å². The van der Waals surface area contributed by atoms with E-state index in [0.717, 1.165) is 63.6 Å². The highest BCUT2D eigenvalue weighted by Gasteiger charge is 2.14. The number of nitrogens with zero attached hydrogens (tertiary/aromatic N) is 1. The van der Waals surface area contributed by atoms with Crippen LogP contribution < -0.4 is 10.6 Å². The molecule has 21 heavy (non-hydrogen) atoms. The van der Waals surface area contributed by atoms with Gasteiger partial charge in [0.25, 0.3) is 0 Å². The van der Waals surface area contributed by atoms with E-state index in [9.17, 15) is 0 Å². The number of nitrogens with one attached hydrogen (secondary N) is 2. The van der Waals surface area contributed by atoms with Gasteiger partial charge in [0.15, 0.2) is 5.96 Å². The lowest BCUT2D eigenvalue weighted by Crippen LogP contribution is -2.39. The molecule has 1 atom stereocenters. The maximum atomic E-state index is 5.59. The minimum absolute atomic E-state index is 0. The van der Waals surface area contributed by atoms with Gasteiger partial charge in [0, 0.05) is 26.1 Å². The Morgan fingerprint density at radius 2 is 2.24 bits per heavy atom. The molecule has 1 aliphatic heterocycles. The molecular formula is C15H26IN3O2. The normalized spacial score (nSPS) is 18.3. The van der Waals surface area contributed by atoms with E-state index in [4.69, 9.17) is 9.15 Å². The average Bonchev–Trinajstić information content (AvgIpc) is 3.14. The van der Waals surface area contributed by atoms with Gasteiger partial charge in [-0.2, -0.15) is 0 Å². The van der Waals surface area contributed by atoms with Gasteiger partial charge in [-0.25, -0.2) is 0 Å². The summed E-state index contributed by atoms with van der Waals surface area (Å²) in [4.78, 5) is 4.60. The first-order valence-corrected chi connectivity index (χ1v) is 7.54. The minimum atomic E-state index is 0. The van der Waals surface area contributed by atoms with Crippen molar-refractivity contribution in [3.8, 4) is 0 Å². The fraction of sp³-hybridized carbons (Fsp3) is 0.667. The van der Waals surface area contributed by atoms with Gasteiger partial charge in [-0.15, -0.1) is 24.0 Å². The van der Waals surface area contributed by atoms with Gasteiger partial charge in [0.1, 0.15) is 5.76 Å². The van der Waals surface area contributed by atoms with E-state index >= 15 is 0 Å². The second-order valence-corrected chi connectivity index (χ2v) is 5.01. The highest BCUT2D eigenvalue weighted by molar-refractivity contribution is 14.0. The second-order valence-electron chi connectivity index (χ2n) is 5.01. The summed E-state index contributed by atoms with van der Waals surface area (Å²) in [7, 11) is 0. The fourth-order valence-electron chi connectivity index (χ4n) is 2.16. The van der Waals surface area contributed by atoms with Crippen LogP contribution in [0.2, 0.25) is 0 Å². The summed E-state index contributed by atoms with van der Waals surface area (Å²) < 4.78 is 10.9. The average molecular weight is 407 g/mol. The van der Waals surface area contributed by atoms with Crippen LogP contribution in [0.1, 0.15) is 31.9 Å². The van der Waals surface area contributed by atoms with Gasteiger partial charge in [0.05, 0.1) is 18.9 Å². The molecule has 0 saturated carbocycles. The Hall–Kier alpha value is -0.760. The standard InChI is InChI=1S/C15H25N3O2.HI/c1-2-8-16-15(18-12-14-6-4-11-20-14)17-9-7-13-5-3-10-19-13;/h3,5,10,14H,2,4,6-9,11-12H2,1H3,(H2,16,17,18);1H. The number of ether oxygens (including phenoxy) is 1. The molecule has 2 rings (SSSR count). The number of furan rings is 1. The third-order valence-corrected chi connectivity index (χ3v) is 3.26. The molecule has 0 spiro atoms. The Kier molecular flexibility index (Phi) is 9.49. The van der Waals surface area contributed by atoms with E-state index in [2.05, 4.69) is 22.5 Å². The maximum absolute atomic E-state index is 5.59. The van der Waals surface area contributed by atoms with Crippen molar-refractivity contribution in [3.63, 3.8) is 0 Å². The molecule has 0 aliphatic carbocycles. The molecule has 1 aromatic heterocycles. The van der Waals surface area contributed by atoms with Crippen molar-refractivity contribution >= 4 is 29.9 Å². The van der Waals surface area contributed by atoms with Crippen molar-refractivity contribution in [1.29, 1.82) is 0 Å². The highest BCUT2D eigenvalue weighted by atomic mass is 127. The molecule has 1 aromatic rings. The first-order chi connectivity index (χ1) is 9.88. The van der Waals surface area contributed by atoms with Crippen LogP contribution in [0, 0.1) is 0 Å². The quantitative estimate of drug-likeness (QED) is 0.415. The molecule has 0 bridgehead atoms. The number of halogens is 1. The van der Waals surface area contributed by atoms with E-state index in [1.165, 1.54) is 0 Å². The lowest BCUT2D eigenvalue weighted by molar-refractivity contribution is 0.117. The number of hydrogen-bond acceptors (Lipinski definition) is 3. The number of aliphatic imine (C=N–C) groups is 1. The van der Waals surface area contributed by atoms with Gasteiger partial charge >= 0.3 is 0 Å². The van der Waals surface area contributed by atoms with Gasteiger partial charge in [0.2, 0.25) is 0 Å². The zero-order valence-corrected chi connectivity index (χ0v) is 15.0. The van der Waals surface area contributed by atoms with Crippen LogP contribution in [0.5, 0.6) is 0 Å². The summed E-state index contributed by atoms with van der Waals surface area (Å²) in [5, 5.41) is 6.67. The molecule has 5 nitrogen and oxygen atoms in total. The minimum Gasteiger partial charge on any atom is -0.469 e. The van der Waals surface area contributed by atoms with E-state index in [0.29, 0.717) is 6.10 Å². The predicted molar refractivity (Wildman–Crippen MR) is 95.4 cm³/mol. The molecule has 0 amide bonds. The molecule has 120 valence electrons. The van der Waals surface area contributed by atoms with Crippen molar-refractivity contribution in [3.05, 3.63) is 24.2 Å². The van der Waals surface area contributed by atoms with E-state index in [1.54, 1.807) is 6.26 Å². The first-order valence-electron chi connectivity index (χ1n) is 7.54. The van der Waals surface area contributed by atoms with Gasteiger partial charge in [-0.3, -0.25) is 4.99 Å². The fourth-order valence-corrected chi connectivity index (χ4v) is 2.16. The smallest absolute Gasteiger partial charge is 0.191 e. The summed E-state index contributed by atoms with van der Waals surface area (Å²) in [6.45, 7) is 5.50. The molecule has 1 saturated heterocycles. The predicted octanol–water partition coefficient (Wildman–Crippen LogP) is 2.56. The van der Waals surface area contributed by atoms with Crippen LogP contribution in [0.25, 0.3) is 0 Å². The van der Waals surface area contributed by atoms with Gasteiger partial charge < -0.3 is 19.8 Å². The van der Waals surface area contributed by atoms with Crippen LogP contribution in [0.3, 0.4) is 0 Å². The molecule has 0 aromatic carbocycles. The van der Waals surface area contributed by atoms with Crippen molar-refractivity contribution < 1.29 is 9.15 Å². The molecule has 1 fully saturated rings. The molecule has 1 unspecified atom stereocenters. The SMILES string of the molecule is CCCNC(=NCC1CCCO1)NCCc1ccco1.I. The van der Waals surface area contributed by atoms with Crippen molar-refractivity contribution in [1.82, 2.24) is 10.6 Å². The molecule has 2 heterocycles. The molecule has 6 heteroatoms. The summed E-state index contributed by atoms with van der Waals surface area (Å²) in [5.41, 5.74) is 0. The van der Waals surface area contributed by atoms with Crippen molar-refractivity contribution in [2.45, 2.75) is 38.7 Å². The highest BCUT2D eigenvalue weighted by Crippen LogP contribution is 2.11. The van der Waals surface area contributed by atoms with Gasteiger partial charge in [-0.1, -0.05) is 6.92 Å². The monoisotopic (exact) mass is 407 g/mol. The van der Waals surface area contributed by atoms with Crippen LogP contribution >= 0.6 is 24.0 Å². The summed E-state index contributed by atoms with van der Waals surface area (Å²) >= 11 is 0. The van der Waals surface area contributed by atoms with Crippen LogP contribution in [0.15, 0.2) is 27.8 Å². The second kappa shape index (κ2) is 10.9. The summed E-state index contributed by atoms with van der Waals surface area (Å²) in [5.74, 6) is 1.86. The Morgan fingerprint density at radius 1 is 1.38 bits per heavy atom. The van der Waals surface area contributed by atoms with E-state index in [1.807, 2.05) is 12.1 Å². The lowest BCUT2D eigenvalue weighted by atomic mass is 10.2. The maximum Gasteiger partial charge on any atom is 0.191 e. The topological polar surface area (TPSA) is 58.8 Å². The van der Waals surface area contributed by atoms with E-state index < -0.39 is 0 Å². The number of hydrogen-bond donors (Lipinski definition) is 2. The third-order valence-electron chi connectivity index (χ3n) is 3.26. The molecule has 2 N–H and O–H groups in total. The first kappa shape index (κ1) is 18.3. The molecule has 0 radical (unpaired) electrons. The lowest BCUT2D eigenvalue weighted by Gasteiger charge is -2.13. The summed E-state index contributed by atoms with van der Waals surface area (Å²) in [6.07, 6.45) is 6.22.